The first-order valence-corrected chi connectivity index (χ1v) is 11.3. The molecule has 3 heterocycles. The molecule has 34 heavy (non-hydrogen) atoms. The van der Waals surface area contributed by atoms with E-state index in [4.69, 9.17) is 9.40 Å². The molecule has 0 bridgehead atoms. The molecule has 0 saturated heterocycles. The molecule has 0 aliphatic heterocycles. The van der Waals surface area contributed by atoms with Crippen LogP contribution in [0.5, 0.6) is 0 Å². The monoisotopic (exact) mass is 459 g/mol. The molecular formula is C26H29N5O3. The molecule has 0 aliphatic rings. The third kappa shape index (κ3) is 5.17. The summed E-state index contributed by atoms with van der Waals surface area (Å²) in [6.07, 6.45) is 3.26. The molecule has 0 atom stereocenters. The van der Waals surface area contributed by atoms with Crippen LogP contribution in [-0.4, -0.2) is 50.1 Å². The number of furan rings is 1. The number of likely N-dealkylation sites (N-methyl/N-ethyl adjacent to an activating group) is 1. The molecule has 0 unspecified atom stereocenters. The van der Waals surface area contributed by atoms with Gasteiger partial charge in [-0.2, -0.15) is 5.10 Å². The fraction of sp³-hybridized carbons (Fsp3) is 0.308. The van der Waals surface area contributed by atoms with Gasteiger partial charge in [0.25, 0.3) is 5.91 Å². The standard InChI is InChI=1S/C26H29N5O3/c1-5-30(17-23(32)29-26(2,3)4)25(33)20-14-22(18-10-7-6-8-11-18)28-24-21(20)15-27-31(24)16-19-12-9-13-34-19/h6-15H,5,16-17H2,1-4H3,(H,29,32). The maximum Gasteiger partial charge on any atom is 0.255 e. The van der Waals surface area contributed by atoms with Crippen LogP contribution in [0.15, 0.2) is 65.4 Å². The topological polar surface area (TPSA) is 93.3 Å². The second-order valence-electron chi connectivity index (χ2n) is 9.16. The van der Waals surface area contributed by atoms with Crippen molar-refractivity contribution < 1.29 is 14.0 Å². The lowest BCUT2D eigenvalue weighted by Gasteiger charge is -2.25. The number of amides is 2. The van der Waals surface area contributed by atoms with E-state index in [1.54, 1.807) is 23.2 Å². The van der Waals surface area contributed by atoms with E-state index in [1.165, 1.54) is 4.90 Å². The summed E-state index contributed by atoms with van der Waals surface area (Å²) in [6, 6.07) is 15.2. The van der Waals surface area contributed by atoms with Gasteiger partial charge in [-0.15, -0.1) is 0 Å². The second-order valence-corrected chi connectivity index (χ2v) is 9.16. The van der Waals surface area contributed by atoms with Crippen LogP contribution in [0.1, 0.15) is 43.8 Å². The van der Waals surface area contributed by atoms with Gasteiger partial charge < -0.3 is 14.6 Å². The Morgan fingerprint density at radius 3 is 2.53 bits per heavy atom. The number of pyridine rings is 1. The Morgan fingerprint density at radius 2 is 1.88 bits per heavy atom. The van der Waals surface area contributed by atoms with Gasteiger partial charge in [0.1, 0.15) is 12.3 Å². The zero-order chi connectivity index (χ0) is 24.3. The lowest BCUT2D eigenvalue weighted by Crippen LogP contribution is -2.47. The Labute approximate surface area is 198 Å². The van der Waals surface area contributed by atoms with E-state index in [0.29, 0.717) is 35.4 Å². The zero-order valence-corrected chi connectivity index (χ0v) is 19.9. The van der Waals surface area contributed by atoms with Crippen molar-refractivity contribution in [2.45, 2.75) is 39.8 Å². The van der Waals surface area contributed by atoms with Gasteiger partial charge in [-0.25, -0.2) is 9.67 Å². The first-order valence-electron chi connectivity index (χ1n) is 11.3. The summed E-state index contributed by atoms with van der Waals surface area (Å²) >= 11 is 0. The highest BCUT2D eigenvalue weighted by atomic mass is 16.3. The number of nitrogens with zero attached hydrogens (tertiary/aromatic N) is 4. The van der Waals surface area contributed by atoms with Crippen LogP contribution < -0.4 is 5.32 Å². The molecule has 176 valence electrons. The summed E-state index contributed by atoms with van der Waals surface area (Å²) in [5, 5.41) is 8.04. The number of benzene rings is 1. The van der Waals surface area contributed by atoms with Gasteiger partial charge in [0.05, 0.1) is 35.6 Å². The fourth-order valence-corrected chi connectivity index (χ4v) is 3.78. The van der Waals surface area contributed by atoms with Gasteiger partial charge in [0.2, 0.25) is 5.91 Å². The van der Waals surface area contributed by atoms with Crippen molar-refractivity contribution in [1.29, 1.82) is 0 Å². The quantitative estimate of drug-likeness (QED) is 0.449. The summed E-state index contributed by atoms with van der Waals surface area (Å²) in [5.41, 5.74) is 2.21. The number of rotatable bonds is 7. The lowest BCUT2D eigenvalue weighted by atomic mass is 10.1. The maximum absolute atomic E-state index is 13.7. The van der Waals surface area contributed by atoms with E-state index in [1.807, 2.05) is 70.2 Å². The number of hydrogen-bond donors (Lipinski definition) is 1. The predicted octanol–water partition coefficient (Wildman–Crippen LogP) is 4.12. The maximum atomic E-state index is 13.7. The van der Waals surface area contributed by atoms with E-state index in [-0.39, 0.29) is 23.9 Å². The largest absolute Gasteiger partial charge is 0.467 e. The molecule has 0 radical (unpaired) electrons. The summed E-state index contributed by atoms with van der Waals surface area (Å²) in [6.45, 7) is 8.35. The van der Waals surface area contributed by atoms with Crippen molar-refractivity contribution in [1.82, 2.24) is 25.0 Å². The van der Waals surface area contributed by atoms with Crippen LogP contribution in [0.3, 0.4) is 0 Å². The van der Waals surface area contributed by atoms with E-state index in [2.05, 4.69) is 10.4 Å². The molecule has 0 spiro atoms. The Kier molecular flexibility index (Phi) is 6.49. The predicted molar refractivity (Wildman–Crippen MR) is 130 cm³/mol. The van der Waals surface area contributed by atoms with Gasteiger partial charge in [-0.1, -0.05) is 30.3 Å². The van der Waals surface area contributed by atoms with Crippen LogP contribution in [0.25, 0.3) is 22.3 Å². The number of aromatic nitrogens is 3. The molecule has 3 aromatic heterocycles. The molecular weight excluding hydrogens is 430 g/mol. The minimum absolute atomic E-state index is 0.0301. The highest BCUT2D eigenvalue weighted by Crippen LogP contribution is 2.26. The van der Waals surface area contributed by atoms with Gasteiger partial charge in [0, 0.05) is 17.6 Å². The molecule has 8 heteroatoms. The van der Waals surface area contributed by atoms with Crippen LogP contribution in [0, 0.1) is 0 Å². The minimum atomic E-state index is -0.378. The van der Waals surface area contributed by atoms with Crippen LogP contribution >= 0.6 is 0 Å². The third-order valence-corrected chi connectivity index (χ3v) is 5.31. The van der Waals surface area contributed by atoms with Crippen molar-refractivity contribution in [3.8, 4) is 11.3 Å². The van der Waals surface area contributed by atoms with Gasteiger partial charge in [0.15, 0.2) is 5.65 Å². The molecule has 4 aromatic rings. The summed E-state index contributed by atoms with van der Waals surface area (Å²) in [4.78, 5) is 32.6. The molecule has 2 amide bonds. The van der Waals surface area contributed by atoms with Crippen molar-refractivity contribution in [3.05, 3.63) is 72.3 Å². The average molecular weight is 460 g/mol. The molecule has 1 aromatic carbocycles. The lowest BCUT2D eigenvalue weighted by molar-refractivity contribution is -0.123. The van der Waals surface area contributed by atoms with Crippen molar-refractivity contribution in [2.75, 3.05) is 13.1 Å². The Bertz CT molecular complexity index is 1290. The Balaban J connectivity index is 1.76. The number of fused-ring (bicyclic) bond motifs is 1. The van der Waals surface area contributed by atoms with E-state index < -0.39 is 0 Å². The SMILES string of the molecule is CCN(CC(=O)NC(C)(C)C)C(=O)c1cc(-c2ccccc2)nc2c1cnn2Cc1ccco1. The van der Waals surface area contributed by atoms with Gasteiger partial charge >= 0.3 is 0 Å². The smallest absolute Gasteiger partial charge is 0.255 e. The molecule has 4 rings (SSSR count). The van der Waals surface area contributed by atoms with Crippen LogP contribution in [-0.2, 0) is 11.3 Å². The fourth-order valence-electron chi connectivity index (χ4n) is 3.78. The normalized spacial score (nSPS) is 11.5. The highest BCUT2D eigenvalue weighted by molar-refractivity contribution is 6.07. The Morgan fingerprint density at radius 1 is 1.12 bits per heavy atom. The highest BCUT2D eigenvalue weighted by Gasteiger charge is 2.24. The van der Waals surface area contributed by atoms with Crippen LogP contribution in [0.2, 0.25) is 0 Å². The summed E-state index contributed by atoms with van der Waals surface area (Å²) in [5.74, 6) is 0.289. The summed E-state index contributed by atoms with van der Waals surface area (Å²) < 4.78 is 7.20. The van der Waals surface area contributed by atoms with Gasteiger partial charge in [-0.3, -0.25) is 9.59 Å². The van der Waals surface area contributed by atoms with E-state index >= 15 is 0 Å². The molecule has 0 fully saturated rings. The first-order chi connectivity index (χ1) is 16.2. The Hall–Kier alpha value is -3.94. The summed E-state index contributed by atoms with van der Waals surface area (Å²) in [7, 11) is 0. The van der Waals surface area contributed by atoms with Gasteiger partial charge in [-0.05, 0) is 45.9 Å². The van der Waals surface area contributed by atoms with Crippen LogP contribution in [0.4, 0.5) is 0 Å². The number of carbonyl (C=O) groups excluding carboxylic acids is 2. The first kappa shape index (κ1) is 23.2. The number of nitrogens with one attached hydrogen (secondary N) is 1. The second kappa shape index (κ2) is 9.51. The van der Waals surface area contributed by atoms with Crippen molar-refractivity contribution >= 4 is 22.8 Å². The average Bonchev–Trinajstić information content (AvgIpc) is 3.46. The third-order valence-electron chi connectivity index (χ3n) is 5.31. The molecule has 0 saturated carbocycles. The van der Waals surface area contributed by atoms with Crippen molar-refractivity contribution in [3.63, 3.8) is 0 Å². The van der Waals surface area contributed by atoms with E-state index in [9.17, 15) is 9.59 Å². The zero-order valence-electron chi connectivity index (χ0n) is 19.9. The molecule has 8 nitrogen and oxygen atoms in total. The number of carbonyl (C=O) groups is 2. The number of hydrogen-bond acceptors (Lipinski definition) is 5. The molecule has 0 aliphatic carbocycles. The van der Waals surface area contributed by atoms with E-state index in [0.717, 1.165) is 11.3 Å². The van der Waals surface area contributed by atoms with Crippen molar-refractivity contribution in [2.24, 2.45) is 0 Å². The minimum Gasteiger partial charge on any atom is -0.467 e. The molecule has 1 N–H and O–H groups in total.